The van der Waals surface area contributed by atoms with E-state index in [-0.39, 0.29) is 4.49 Å². The first-order valence-electron chi connectivity index (χ1n) is 2.67. The van der Waals surface area contributed by atoms with Crippen LogP contribution in [-0.4, -0.2) is 5.16 Å². The highest BCUT2D eigenvalue weighted by Gasteiger charge is 1.95. The number of hydrogen-bond acceptors (Lipinski definition) is 0. The predicted octanol–water partition coefficient (Wildman–Crippen LogP) is 4.16. The van der Waals surface area contributed by atoms with Gasteiger partial charge in [0.05, 0.1) is 0 Å². The molecule has 0 nitrogen and oxygen atoms in total. The zero-order valence-corrected chi connectivity index (χ0v) is 9.71. The molecule has 0 heterocycles. The molecule has 0 bridgehead atoms. The van der Waals surface area contributed by atoms with Crippen LogP contribution in [0.1, 0.15) is 20.8 Å². The second-order valence-electron chi connectivity index (χ2n) is 2.76. The van der Waals surface area contributed by atoms with E-state index in [2.05, 4.69) is 30.0 Å². The van der Waals surface area contributed by atoms with E-state index in [9.17, 15) is 0 Å². The first kappa shape index (κ1) is 13.6. The van der Waals surface area contributed by atoms with E-state index in [1.54, 1.807) is 0 Å². The molecule has 1 unspecified atom stereocenters. The third-order valence-corrected chi connectivity index (χ3v) is 0.742. The molecule has 0 fully saturated rings. The topological polar surface area (TPSA) is 0 Å². The number of rotatable bonds is 0. The van der Waals surface area contributed by atoms with Crippen molar-refractivity contribution in [3.05, 3.63) is 10.0 Å². The van der Waals surface area contributed by atoms with E-state index >= 15 is 0 Å². The molecule has 0 aromatic rings. The first-order chi connectivity index (χ1) is 4.27. The lowest BCUT2D eigenvalue weighted by Gasteiger charge is -2.05. The average molecular weight is 221 g/mol. The highest BCUT2D eigenvalue weighted by Crippen LogP contribution is 2.12. The Morgan fingerprint density at radius 2 is 1.40 bits per heavy atom. The van der Waals surface area contributed by atoms with Crippen LogP contribution in [0.25, 0.3) is 0 Å². The molecule has 10 heavy (non-hydrogen) atoms. The van der Waals surface area contributed by atoms with E-state index in [4.69, 9.17) is 34.8 Å². The molecule has 0 amide bonds. The van der Waals surface area contributed by atoms with Gasteiger partial charge in [0, 0.05) is 5.54 Å². The summed E-state index contributed by atoms with van der Waals surface area (Å²) in [6.45, 7) is 6.45. The summed E-state index contributed by atoms with van der Waals surface area (Å²) in [4.78, 5) is 0. The van der Waals surface area contributed by atoms with Gasteiger partial charge in [-0.05, 0) is 5.16 Å². The van der Waals surface area contributed by atoms with Crippen molar-refractivity contribution in [3.63, 3.8) is 0 Å². The molecule has 4 heteroatoms. The summed E-state index contributed by atoms with van der Waals surface area (Å²) in [5, 5.41) is 0.417. The minimum absolute atomic E-state index is 0.0895. The summed E-state index contributed by atoms with van der Waals surface area (Å²) in [5.41, 5.74) is 1.09. The van der Waals surface area contributed by atoms with Crippen molar-refractivity contribution in [1.29, 1.82) is 0 Å². The number of halogens is 3. The van der Waals surface area contributed by atoms with E-state index in [0.29, 0.717) is 5.16 Å². The molecule has 0 spiro atoms. The fourth-order valence-corrected chi connectivity index (χ4v) is 0. The van der Waals surface area contributed by atoms with Crippen LogP contribution in [0.2, 0.25) is 0 Å². The second-order valence-corrected chi connectivity index (χ2v) is 5.72. The van der Waals surface area contributed by atoms with Gasteiger partial charge in [-0.3, -0.25) is 0 Å². The monoisotopic (exact) mass is 220 g/mol. The minimum Gasteiger partial charge on any atom is -0.132 e. The van der Waals surface area contributed by atoms with Crippen molar-refractivity contribution in [1.82, 2.24) is 0 Å². The minimum atomic E-state index is 0.0895. The summed E-state index contributed by atoms with van der Waals surface area (Å²) >= 11 is 14.8. The van der Waals surface area contributed by atoms with Gasteiger partial charge < -0.3 is 0 Å². The Balaban J connectivity index is 0. The van der Waals surface area contributed by atoms with Crippen molar-refractivity contribution < 1.29 is 0 Å². The fraction of sp³-hybridized carbons (Fsp3) is 0.667. The predicted molar refractivity (Wildman–Crippen MR) is 55.1 cm³/mol. The van der Waals surface area contributed by atoms with Crippen LogP contribution in [-0.2, 0) is 0 Å². The van der Waals surface area contributed by atoms with E-state index in [1.807, 2.05) is 0 Å². The Morgan fingerprint density at radius 1 is 1.30 bits per heavy atom. The molecule has 0 aromatic heterocycles. The Labute approximate surface area is 80.1 Å². The second kappa shape index (κ2) is 6.73. The molecule has 0 aliphatic heterocycles. The molecular formula is C6H12Cl3P. The van der Waals surface area contributed by atoms with Crippen molar-refractivity contribution in [2.75, 3.05) is 0 Å². The molecule has 0 aromatic carbocycles. The third kappa shape index (κ3) is 63.2. The van der Waals surface area contributed by atoms with Gasteiger partial charge in [-0.1, -0.05) is 55.6 Å². The van der Waals surface area contributed by atoms with Crippen LogP contribution in [0.4, 0.5) is 0 Å². The summed E-state index contributed by atoms with van der Waals surface area (Å²) in [6, 6.07) is 0. The Bertz CT molecular complexity index is 94.1. The molecule has 0 radical (unpaired) electrons. The molecule has 0 saturated heterocycles. The van der Waals surface area contributed by atoms with Gasteiger partial charge >= 0.3 is 0 Å². The summed E-state index contributed by atoms with van der Waals surface area (Å²) < 4.78 is 0.0895. The van der Waals surface area contributed by atoms with Gasteiger partial charge in [-0.15, -0.1) is 9.24 Å². The quantitative estimate of drug-likeness (QED) is 0.539. The maximum atomic E-state index is 4.96. The molecular weight excluding hydrogens is 209 g/mol. The summed E-state index contributed by atoms with van der Waals surface area (Å²) in [6.07, 6.45) is 0. The maximum absolute atomic E-state index is 4.96. The summed E-state index contributed by atoms with van der Waals surface area (Å²) in [7, 11) is 2.72. The van der Waals surface area contributed by atoms with Gasteiger partial charge in [-0.2, -0.15) is 0 Å². The molecule has 0 aliphatic carbocycles. The molecule has 62 valence electrons. The normalized spacial score (nSPS) is 9.50. The highest BCUT2D eigenvalue weighted by molar-refractivity contribution is 7.18. The van der Waals surface area contributed by atoms with Crippen LogP contribution in [0.15, 0.2) is 10.0 Å². The fourth-order valence-electron chi connectivity index (χ4n) is 0. The van der Waals surface area contributed by atoms with Gasteiger partial charge in [0.25, 0.3) is 0 Å². The van der Waals surface area contributed by atoms with E-state index in [1.165, 1.54) is 0 Å². The van der Waals surface area contributed by atoms with Gasteiger partial charge in [0.2, 0.25) is 0 Å². The van der Waals surface area contributed by atoms with Crippen molar-refractivity contribution >= 4 is 44.0 Å². The lowest BCUT2D eigenvalue weighted by atomic mass is 10.3. The molecule has 0 aliphatic rings. The lowest BCUT2D eigenvalue weighted by Crippen LogP contribution is -1.97. The van der Waals surface area contributed by atoms with Crippen LogP contribution < -0.4 is 0 Å². The van der Waals surface area contributed by atoms with E-state index in [0.717, 1.165) is 5.54 Å². The SMILES string of the molecule is CC(C)(C)P.ClC=C(Cl)Cl. The molecule has 0 rings (SSSR count). The lowest BCUT2D eigenvalue weighted by molar-refractivity contribution is 0.804. The van der Waals surface area contributed by atoms with Crippen molar-refractivity contribution in [3.8, 4) is 0 Å². The van der Waals surface area contributed by atoms with Crippen LogP contribution >= 0.6 is 44.0 Å². The van der Waals surface area contributed by atoms with Crippen molar-refractivity contribution in [2.24, 2.45) is 0 Å². The maximum Gasteiger partial charge on any atom is 0.118 e. The van der Waals surface area contributed by atoms with Gasteiger partial charge in [0.15, 0.2) is 0 Å². The zero-order valence-electron chi connectivity index (χ0n) is 6.29. The van der Waals surface area contributed by atoms with Gasteiger partial charge in [-0.25, -0.2) is 0 Å². The standard InChI is InChI=1S/C4H11P.C2HCl3/c1-4(2,3)5;3-1-2(4)5/h5H2,1-3H3;1H. The van der Waals surface area contributed by atoms with Crippen LogP contribution in [0.5, 0.6) is 0 Å². The van der Waals surface area contributed by atoms with Crippen molar-refractivity contribution in [2.45, 2.75) is 25.9 Å². The van der Waals surface area contributed by atoms with E-state index < -0.39 is 0 Å². The third-order valence-electron chi connectivity index (χ3n) is 0.0825. The largest absolute Gasteiger partial charge is 0.132 e. The molecule has 0 saturated carbocycles. The Morgan fingerprint density at radius 3 is 1.40 bits per heavy atom. The molecule has 1 atom stereocenters. The zero-order chi connectivity index (χ0) is 8.78. The highest BCUT2D eigenvalue weighted by atomic mass is 35.5. The van der Waals surface area contributed by atoms with Gasteiger partial charge in [0.1, 0.15) is 4.49 Å². The molecule has 0 N–H and O–H groups in total. The smallest absolute Gasteiger partial charge is 0.118 e. The number of hydrogen-bond donors (Lipinski definition) is 0. The van der Waals surface area contributed by atoms with Crippen LogP contribution in [0, 0.1) is 0 Å². The Hall–Kier alpha value is 1.04. The summed E-state index contributed by atoms with van der Waals surface area (Å²) in [5.74, 6) is 0. The average Bonchev–Trinajstić information content (AvgIpc) is 1.61. The van der Waals surface area contributed by atoms with Crippen LogP contribution in [0.3, 0.4) is 0 Å². The first-order valence-corrected chi connectivity index (χ1v) is 4.44. The Kier molecular flexibility index (Phi) is 9.17.